The minimum absolute atomic E-state index is 0. The van der Waals surface area contributed by atoms with Crippen LogP contribution in [0.25, 0.3) is 10.9 Å². The zero-order valence-electron chi connectivity index (χ0n) is 14.6. The monoisotopic (exact) mass is 384 g/mol. The van der Waals surface area contributed by atoms with Gasteiger partial charge in [-0.3, -0.25) is 9.89 Å². The number of piperidine rings is 2. The molecule has 0 spiro atoms. The van der Waals surface area contributed by atoms with E-state index in [1.165, 1.54) is 12.8 Å². The average Bonchev–Trinajstić information content (AvgIpc) is 2.93. The summed E-state index contributed by atoms with van der Waals surface area (Å²) in [5, 5.41) is 11.3. The maximum Gasteiger partial charge on any atom is 0.272 e. The first-order chi connectivity index (χ1) is 11.1. The molecule has 0 aliphatic carbocycles. The number of aromatic amines is 1. The Hall–Kier alpha value is -1.30. The van der Waals surface area contributed by atoms with Crippen LogP contribution in [0.1, 0.15) is 43.1 Å². The van der Waals surface area contributed by atoms with Crippen LogP contribution in [0.3, 0.4) is 0 Å². The molecular weight excluding hydrogens is 359 g/mol. The van der Waals surface area contributed by atoms with Crippen molar-refractivity contribution in [3.05, 3.63) is 30.0 Å². The predicted molar refractivity (Wildman–Crippen MR) is 105 cm³/mol. The number of H-pyrrole nitrogens is 1. The number of hydrogen-bond acceptors (Lipinski definition) is 3. The number of nitrogens with zero attached hydrogens (tertiary/aromatic N) is 2. The summed E-state index contributed by atoms with van der Waals surface area (Å²) in [6.07, 6.45) is 4.58. The third-order valence-electron chi connectivity index (χ3n) is 5.63. The Morgan fingerprint density at radius 1 is 1.16 bits per heavy atom. The second-order valence-corrected chi connectivity index (χ2v) is 7.31. The van der Waals surface area contributed by atoms with Crippen molar-refractivity contribution in [3.8, 4) is 0 Å². The smallest absolute Gasteiger partial charge is 0.272 e. The van der Waals surface area contributed by atoms with Crippen molar-refractivity contribution in [2.24, 2.45) is 5.92 Å². The fourth-order valence-corrected chi connectivity index (χ4v) is 4.44. The SMILES string of the molecule is CC1C[C@@H]2CC(NC(=O)c3n[nH]c4ccccc34)C[C@H](C1)N2C.Cl.Cl. The van der Waals surface area contributed by atoms with Gasteiger partial charge in [0.15, 0.2) is 5.69 Å². The van der Waals surface area contributed by atoms with E-state index in [-0.39, 0.29) is 36.8 Å². The van der Waals surface area contributed by atoms with Crippen LogP contribution in [-0.4, -0.2) is 46.2 Å². The van der Waals surface area contributed by atoms with Crippen molar-refractivity contribution in [2.45, 2.75) is 50.7 Å². The molecule has 25 heavy (non-hydrogen) atoms. The van der Waals surface area contributed by atoms with Gasteiger partial charge in [0, 0.05) is 23.5 Å². The number of nitrogens with one attached hydrogen (secondary N) is 2. The Labute approximate surface area is 160 Å². The molecule has 2 aromatic rings. The largest absolute Gasteiger partial charge is 0.348 e. The van der Waals surface area contributed by atoms with Crippen molar-refractivity contribution in [2.75, 3.05) is 7.05 Å². The third-order valence-corrected chi connectivity index (χ3v) is 5.63. The topological polar surface area (TPSA) is 61.0 Å². The van der Waals surface area contributed by atoms with Crippen molar-refractivity contribution < 1.29 is 4.79 Å². The fraction of sp³-hybridized carbons (Fsp3) is 0.556. The van der Waals surface area contributed by atoms with Gasteiger partial charge in [-0.1, -0.05) is 25.1 Å². The van der Waals surface area contributed by atoms with Crippen LogP contribution in [0.5, 0.6) is 0 Å². The molecule has 1 aromatic heterocycles. The standard InChI is InChI=1S/C18H24N4O.2ClH/c1-11-7-13-9-12(10-14(8-11)22(13)2)19-18(23)17-15-5-3-4-6-16(15)20-21-17;;/h3-6,11-14H,7-10H2,1-2H3,(H,19,23)(H,20,21);2*1H/t11?,12?,13-,14+;;. The van der Waals surface area contributed by atoms with Gasteiger partial charge < -0.3 is 10.2 Å². The molecule has 2 aliphatic heterocycles. The summed E-state index contributed by atoms with van der Waals surface area (Å²) in [5.41, 5.74) is 1.42. The highest BCUT2D eigenvalue weighted by Gasteiger charge is 2.39. The number of hydrogen-bond donors (Lipinski definition) is 2. The highest BCUT2D eigenvalue weighted by molar-refractivity contribution is 6.04. The van der Waals surface area contributed by atoms with E-state index >= 15 is 0 Å². The van der Waals surface area contributed by atoms with E-state index < -0.39 is 0 Å². The second kappa shape index (κ2) is 7.94. The number of halogens is 2. The van der Waals surface area contributed by atoms with E-state index in [1.807, 2.05) is 24.3 Å². The van der Waals surface area contributed by atoms with E-state index in [0.717, 1.165) is 29.7 Å². The first-order valence-corrected chi connectivity index (χ1v) is 8.57. The van der Waals surface area contributed by atoms with Crippen molar-refractivity contribution in [1.82, 2.24) is 20.4 Å². The fourth-order valence-electron chi connectivity index (χ4n) is 4.44. The van der Waals surface area contributed by atoms with E-state index in [0.29, 0.717) is 17.8 Å². The van der Waals surface area contributed by atoms with Crippen LogP contribution >= 0.6 is 24.8 Å². The van der Waals surface area contributed by atoms with E-state index in [2.05, 4.69) is 34.4 Å². The van der Waals surface area contributed by atoms with Gasteiger partial charge in [0.25, 0.3) is 5.91 Å². The first kappa shape index (κ1) is 20.0. The summed E-state index contributed by atoms with van der Waals surface area (Å²) in [6.45, 7) is 2.35. The molecule has 4 atom stereocenters. The summed E-state index contributed by atoms with van der Waals surface area (Å²) in [7, 11) is 2.24. The highest BCUT2D eigenvalue weighted by Crippen LogP contribution is 2.35. The Kier molecular flexibility index (Phi) is 6.35. The summed E-state index contributed by atoms with van der Waals surface area (Å²) in [4.78, 5) is 15.2. The molecule has 2 bridgehead atoms. The molecule has 3 heterocycles. The highest BCUT2D eigenvalue weighted by atomic mass is 35.5. The Morgan fingerprint density at radius 2 is 1.80 bits per heavy atom. The average molecular weight is 385 g/mol. The van der Waals surface area contributed by atoms with Crippen LogP contribution in [0.2, 0.25) is 0 Å². The quantitative estimate of drug-likeness (QED) is 0.833. The van der Waals surface area contributed by atoms with Crippen LogP contribution in [-0.2, 0) is 0 Å². The number of para-hydroxylation sites is 1. The minimum atomic E-state index is -0.0527. The molecule has 2 N–H and O–H groups in total. The Morgan fingerprint density at radius 3 is 2.48 bits per heavy atom. The molecular formula is C18H26Cl2N4O. The first-order valence-electron chi connectivity index (χ1n) is 8.57. The predicted octanol–water partition coefficient (Wildman–Crippen LogP) is 3.40. The lowest BCUT2D eigenvalue weighted by Gasteiger charge is -2.49. The number of benzene rings is 1. The minimum Gasteiger partial charge on any atom is -0.348 e. The number of fused-ring (bicyclic) bond motifs is 3. The van der Waals surface area contributed by atoms with Gasteiger partial charge in [-0.15, -0.1) is 24.8 Å². The van der Waals surface area contributed by atoms with Crippen LogP contribution in [0.4, 0.5) is 0 Å². The van der Waals surface area contributed by atoms with E-state index in [1.54, 1.807) is 0 Å². The number of aromatic nitrogens is 2. The van der Waals surface area contributed by atoms with Gasteiger partial charge in [0.1, 0.15) is 0 Å². The molecule has 0 radical (unpaired) electrons. The summed E-state index contributed by atoms with van der Waals surface area (Å²) in [6, 6.07) is 9.23. The van der Waals surface area contributed by atoms with Gasteiger partial charge in [0.2, 0.25) is 0 Å². The molecule has 0 saturated carbocycles. The summed E-state index contributed by atoms with van der Waals surface area (Å²) in [5.74, 6) is 0.747. The normalized spacial score (nSPS) is 28.7. The molecule has 4 rings (SSSR count). The third kappa shape index (κ3) is 3.78. The Bertz CT molecular complexity index is 719. The van der Waals surface area contributed by atoms with Crippen molar-refractivity contribution in [3.63, 3.8) is 0 Å². The van der Waals surface area contributed by atoms with Gasteiger partial charge in [-0.05, 0) is 44.7 Å². The zero-order valence-corrected chi connectivity index (χ0v) is 16.2. The molecule has 2 fully saturated rings. The second-order valence-electron chi connectivity index (χ2n) is 7.31. The maximum atomic E-state index is 12.6. The van der Waals surface area contributed by atoms with Gasteiger partial charge in [-0.2, -0.15) is 5.10 Å². The lowest BCUT2D eigenvalue weighted by molar-refractivity contribution is 0.0251. The van der Waals surface area contributed by atoms with Gasteiger partial charge in [-0.25, -0.2) is 0 Å². The van der Waals surface area contributed by atoms with Gasteiger partial charge in [0.05, 0.1) is 5.52 Å². The number of amides is 1. The number of carbonyl (C=O) groups excluding carboxylic acids is 1. The van der Waals surface area contributed by atoms with Crippen LogP contribution in [0, 0.1) is 5.92 Å². The van der Waals surface area contributed by atoms with Gasteiger partial charge >= 0.3 is 0 Å². The summed E-state index contributed by atoms with van der Waals surface area (Å²) >= 11 is 0. The van der Waals surface area contributed by atoms with E-state index in [4.69, 9.17) is 0 Å². The molecule has 1 amide bonds. The van der Waals surface area contributed by atoms with Crippen LogP contribution < -0.4 is 5.32 Å². The molecule has 5 nitrogen and oxygen atoms in total. The lowest BCUT2D eigenvalue weighted by atomic mass is 9.77. The molecule has 2 unspecified atom stereocenters. The Balaban J connectivity index is 0.00000113. The van der Waals surface area contributed by atoms with Crippen molar-refractivity contribution in [1.29, 1.82) is 0 Å². The molecule has 7 heteroatoms. The zero-order chi connectivity index (χ0) is 16.0. The molecule has 2 saturated heterocycles. The number of rotatable bonds is 2. The van der Waals surface area contributed by atoms with Crippen molar-refractivity contribution >= 4 is 41.6 Å². The maximum absolute atomic E-state index is 12.6. The number of carbonyl (C=O) groups is 1. The van der Waals surface area contributed by atoms with Crippen LogP contribution in [0.15, 0.2) is 24.3 Å². The molecule has 2 aliphatic rings. The lowest BCUT2D eigenvalue weighted by Crippen LogP contribution is -2.56. The molecule has 138 valence electrons. The summed E-state index contributed by atoms with van der Waals surface area (Å²) < 4.78 is 0. The molecule has 1 aromatic carbocycles. The van der Waals surface area contributed by atoms with E-state index in [9.17, 15) is 4.79 Å².